The number of carbonyl (C=O) groups excluding carboxylic acids is 2. The van der Waals surface area contributed by atoms with Crippen molar-refractivity contribution < 1.29 is 19.1 Å². The van der Waals surface area contributed by atoms with E-state index >= 15 is 0 Å². The van der Waals surface area contributed by atoms with Crippen molar-refractivity contribution in [2.75, 3.05) is 7.05 Å². The molecule has 0 radical (unpaired) electrons. The minimum absolute atomic E-state index is 0.225. The van der Waals surface area contributed by atoms with Gasteiger partial charge in [-0.05, 0) is 12.5 Å². The quantitative estimate of drug-likeness (QED) is 0.476. The zero-order chi connectivity index (χ0) is 16.8. The van der Waals surface area contributed by atoms with Crippen LogP contribution in [-0.4, -0.2) is 29.9 Å². The monoisotopic (exact) mass is 314 g/mol. The number of nitrogens with zero attached hydrogens (tertiary/aromatic N) is 2. The molecule has 0 fully saturated rings. The number of likely N-dealkylation sites (N-methyl/N-ethyl adjacent to an activating group) is 1. The van der Waals surface area contributed by atoms with Crippen LogP contribution in [0.3, 0.4) is 0 Å². The van der Waals surface area contributed by atoms with Gasteiger partial charge in [0.2, 0.25) is 0 Å². The number of aromatic nitrogens is 1. The van der Waals surface area contributed by atoms with Gasteiger partial charge in [-0.2, -0.15) is 4.73 Å². The molecule has 0 spiro atoms. The van der Waals surface area contributed by atoms with Crippen LogP contribution in [-0.2, 0) is 16.1 Å². The van der Waals surface area contributed by atoms with Crippen molar-refractivity contribution in [3.63, 3.8) is 0 Å². The molecular formula is C17H18N2O4. The molecule has 1 amide bonds. The molecule has 0 aliphatic rings. The second-order valence-corrected chi connectivity index (χ2v) is 5.17. The summed E-state index contributed by atoms with van der Waals surface area (Å²) in [6.45, 7) is 1.96. The molecule has 0 saturated heterocycles. The van der Waals surface area contributed by atoms with Gasteiger partial charge in [-0.1, -0.05) is 30.3 Å². The van der Waals surface area contributed by atoms with Gasteiger partial charge in [0.1, 0.15) is 0 Å². The number of hydrogen-bond donors (Lipinski definition) is 0. The van der Waals surface area contributed by atoms with Gasteiger partial charge in [-0.15, -0.1) is 0 Å². The van der Waals surface area contributed by atoms with Crippen LogP contribution >= 0.6 is 0 Å². The molecule has 0 N–H and O–H groups in total. The Kier molecular flexibility index (Phi) is 5.30. The fourth-order valence-electron chi connectivity index (χ4n) is 2.07. The molecule has 120 valence electrons. The summed E-state index contributed by atoms with van der Waals surface area (Å²) in [5, 5.41) is 10.9. The zero-order valence-corrected chi connectivity index (χ0v) is 13.0. The molecule has 0 saturated carbocycles. The Bertz CT molecular complexity index is 671. The highest BCUT2D eigenvalue weighted by atomic mass is 16.5. The van der Waals surface area contributed by atoms with E-state index in [0.29, 0.717) is 11.3 Å². The molecule has 1 heterocycles. The summed E-state index contributed by atoms with van der Waals surface area (Å²) in [6.07, 6.45) is 1.49. The van der Waals surface area contributed by atoms with Crippen LogP contribution in [0.25, 0.3) is 0 Å². The SMILES string of the molecule is C[C@H](OC(=O)c1cc[n+]([O-])cc1)C(=O)N(C)Cc1ccccc1. The van der Waals surface area contributed by atoms with Crippen molar-refractivity contribution in [1.29, 1.82) is 0 Å². The third-order valence-corrected chi connectivity index (χ3v) is 3.31. The van der Waals surface area contributed by atoms with Gasteiger partial charge < -0.3 is 14.8 Å². The number of hydrogen-bond acceptors (Lipinski definition) is 4. The first-order valence-electron chi connectivity index (χ1n) is 7.16. The van der Waals surface area contributed by atoms with E-state index in [9.17, 15) is 14.8 Å². The van der Waals surface area contributed by atoms with Gasteiger partial charge in [0, 0.05) is 25.7 Å². The van der Waals surface area contributed by atoms with Crippen LogP contribution in [0.2, 0.25) is 0 Å². The highest BCUT2D eigenvalue weighted by Gasteiger charge is 2.22. The van der Waals surface area contributed by atoms with Crippen molar-refractivity contribution in [2.24, 2.45) is 0 Å². The summed E-state index contributed by atoms with van der Waals surface area (Å²) in [5.74, 6) is -0.934. The minimum Gasteiger partial charge on any atom is -0.619 e. The predicted octanol–water partition coefficient (Wildman–Crippen LogP) is 1.52. The lowest BCUT2D eigenvalue weighted by atomic mass is 10.2. The van der Waals surface area contributed by atoms with E-state index in [1.54, 1.807) is 7.05 Å². The Morgan fingerprint density at radius 1 is 1.17 bits per heavy atom. The van der Waals surface area contributed by atoms with E-state index in [0.717, 1.165) is 5.56 Å². The van der Waals surface area contributed by atoms with E-state index < -0.39 is 12.1 Å². The molecule has 2 rings (SSSR count). The Morgan fingerprint density at radius 3 is 2.39 bits per heavy atom. The fourth-order valence-corrected chi connectivity index (χ4v) is 2.07. The maximum absolute atomic E-state index is 12.3. The van der Waals surface area contributed by atoms with Crippen molar-refractivity contribution >= 4 is 11.9 Å². The lowest BCUT2D eigenvalue weighted by Crippen LogP contribution is -2.37. The van der Waals surface area contributed by atoms with Gasteiger partial charge >= 0.3 is 5.97 Å². The van der Waals surface area contributed by atoms with Crippen molar-refractivity contribution in [1.82, 2.24) is 4.90 Å². The Labute approximate surface area is 134 Å². The topological polar surface area (TPSA) is 73.5 Å². The maximum Gasteiger partial charge on any atom is 0.339 e. The van der Waals surface area contributed by atoms with E-state index in [4.69, 9.17) is 4.74 Å². The molecule has 1 atom stereocenters. The van der Waals surface area contributed by atoms with E-state index in [1.165, 1.54) is 36.4 Å². The largest absolute Gasteiger partial charge is 0.619 e. The molecule has 1 aromatic heterocycles. The number of benzene rings is 1. The molecular weight excluding hydrogens is 296 g/mol. The van der Waals surface area contributed by atoms with E-state index in [1.807, 2.05) is 30.3 Å². The summed E-state index contributed by atoms with van der Waals surface area (Å²) in [4.78, 5) is 25.7. The van der Waals surface area contributed by atoms with Crippen LogP contribution in [0.1, 0.15) is 22.8 Å². The molecule has 1 aromatic carbocycles. The molecule has 6 heteroatoms. The normalized spacial score (nSPS) is 11.6. The van der Waals surface area contributed by atoms with Crippen LogP contribution in [0.15, 0.2) is 54.9 Å². The standard InChI is InChI=1S/C17H18N2O4/c1-13(23-17(21)15-8-10-19(22)11-9-15)16(20)18(2)12-14-6-4-3-5-7-14/h3-11,13H,12H2,1-2H3/t13-/m0/s1. The Hall–Kier alpha value is -2.89. The average molecular weight is 314 g/mol. The molecule has 0 aliphatic heterocycles. The van der Waals surface area contributed by atoms with Gasteiger partial charge in [0.15, 0.2) is 18.5 Å². The second-order valence-electron chi connectivity index (χ2n) is 5.17. The summed E-state index contributed by atoms with van der Waals surface area (Å²) in [5.41, 5.74) is 1.22. The number of pyridine rings is 1. The van der Waals surface area contributed by atoms with Crippen LogP contribution < -0.4 is 4.73 Å². The average Bonchev–Trinajstić information content (AvgIpc) is 2.55. The van der Waals surface area contributed by atoms with Gasteiger partial charge in [-0.25, -0.2) is 4.79 Å². The third-order valence-electron chi connectivity index (χ3n) is 3.31. The predicted molar refractivity (Wildman–Crippen MR) is 83.2 cm³/mol. The van der Waals surface area contributed by atoms with E-state index in [-0.39, 0.29) is 11.5 Å². The first-order chi connectivity index (χ1) is 11.0. The van der Waals surface area contributed by atoms with E-state index in [2.05, 4.69) is 0 Å². The summed E-state index contributed by atoms with van der Waals surface area (Å²) >= 11 is 0. The first-order valence-corrected chi connectivity index (χ1v) is 7.16. The Morgan fingerprint density at radius 2 is 1.78 bits per heavy atom. The summed E-state index contributed by atoms with van der Waals surface area (Å²) in [7, 11) is 1.66. The smallest absolute Gasteiger partial charge is 0.339 e. The molecule has 0 unspecified atom stereocenters. The highest BCUT2D eigenvalue weighted by molar-refractivity contribution is 5.91. The van der Waals surface area contributed by atoms with Crippen molar-refractivity contribution in [2.45, 2.75) is 19.6 Å². The molecule has 2 aromatic rings. The highest BCUT2D eigenvalue weighted by Crippen LogP contribution is 2.08. The minimum atomic E-state index is -0.907. The fraction of sp³-hybridized carbons (Fsp3) is 0.235. The first kappa shape index (κ1) is 16.5. The zero-order valence-electron chi connectivity index (χ0n) is 13.0. The van der Waals surface area contributed by atoms with Gasteiger partial charge in [-0.3, -0.25) is 4.79 Å². The van der Waals surface area contributed by atoms with Crippen molar-refractivity contribution in [3.8, 4) is 0 Å². The molecule has 6 nitrogen and oxygen atoms in total. The van der Waals surface area contributed by atoms with Gasteiger partial charge in [0.05, 0.1) is 5.56 Å². The number of rotatable bonds is 5. The molecule has 23 heavy (non-hydrogen) atoms. The lowest BCUT2D eigenvalue weighted by Gasteiger charge is -2.21. The summed E-state index contributed by atoms with van der Waals surface area (Å²) < 4.78 is 5.72. The lowest BCUT2D eigenvalue weighted by molar-refractivity contribution is -0.605. The number of amides is 1. The number of carbonyl (C=O) groups is 2. The summed E-state index contributed by atoms with van der Waals surface area (Å²) in [6, 6.07) is 12.2. The number of esters is 1. The molecule has 0 aliphatic carbocycles. The third kappa shape index (κ3) is 4.54. The van der Waals surface area contributed by atoms with Gasteiger partial charge in [0.25, 0.3) is 5.91 Å². The number of ether oxygens (including phenoxy) is 1. The van der Waals surface area contributed by atoms with Crippen LogP contribution in [0.5, 0.6) is 0 Å². The van der Waals surface area contributed by atoms with Crippen molar-refractivity contribution in [3.05, 3.63) is 71.2 Å². The molecule has 0 bridgehead atoms. The van der Waals surface area contributed by atoms with Crippen LogP contribution in [0.4, 0.5) is 0 Å². The Balaban J connectivity index is 1.93. The second kappa shape index (κ2) is 7.40. The maximum atomic E-state index is 12.3. The van der Waals surface area contributed by atoms with Crippen LogP contribution in [0, 0.1) is 5.21 Å².